The molecule has 2 heterocycles. The van der Waals surface area contributed by atoms with Crippen LogP contribution in [0.4, 0.5) is 5.82 Å². The van der Waals surface area contributed by atoms with E-state index in [1.165, 1.54) is 0 Å². The number of nitrogens with one attached hydrogen (secondary N) is 1. The van der Waals surface area contributed by atoms with Gasteiger partial charge in [0.2, 0.25) is 0 Å². The summed E-state index contributed by atoms with van der Waals surface area (Å²) >= 11 is 0. The van der Waals surface area contributed by atoms with E-state index in [2.05, 4.69) is 16.0 Å². The second kappa shape index (κ2) is 1.51. The Morgan fingerprint density at radius 2 is 2.56 bits per heavy atom. The number of hydrogen-bond acceptors (Lipinski definition) is 2. The summed E-state index contributed by atoms with van der Waals surface area (Å²) in [6.07, 6.45) is 5.23. The Labute approximate surface area is 52.1 Å². The summed E-state index contributed by atoms with van der Waals surface area (Å²) in [5.41, 5.74) is 6.63. The van der Waals surface area contributed by atoms with Crippen LogP contribution in [-0.2, 0) is 0 Å². The predicted octanol–water partition coefficient (Wildman–Crippen LogP) is 0.0654. The third-order valence-corrected chi connectivity index (χ3v) is 1.12. The van der Waals surface area contributed by atoms with Crippen LogP contribution in [0.1, 0.15) is 0 Å². The van der Waals surface area contributed by atoms with Crippen molar-refractivity contribution in [2.75, 3.05) is 0 Å². The summed E-state index contributed by atoms with van der Waals surface area (Å²) < 4.78 is 1.69. The SMILES string of the molecule is C1=Cn2nccc2[N]N1. The average molecular weight is 121 g/mol. The minimum atomic E-state index is 0.831. The van der Waals surface area contributed by atoms with Gasteiger partial charge in [0.05, 0.1) is 6.20 Å². The van der Waals surface area contributed by atoms with E-state index in [4.69, 9.17) is 0 Å². The molecule has 1 N–H and O–H groups in total. The van der Waals surface area contributed by atoms with Gasteiger partial charge in [-0.2, -0.15) is 10.5 Å². The lowest BCUT2D eigenvalue weighted by Gasteiger charge is -2.06. The van der Waals surface area contributed by atoms with Crippen molar-refractivity contribution in [3.8, 4) is 0 Å². The molecule has 0 saturated heterocycles. The zero-order chi connectivity index (χ0) is 6.10. The van der Waals surface area contributed by atoms with E-state index in [1.54, 1.807) is 17.1 Å². The molecular weight excluding hydrogens is 116 g/mol. The van der Waals surface area contributed by atoms with Crippen LogP contribution in [-0.4, -0.2) is 9.78 Å². The van der Waals surface area contributed by atoms with E-state index >= 15 is 0 Å². The predicted molar refractivity (Wildman–Crippen MR) is 32.5 cm³/mol. The van der Waals surface area contributed by atoms with Crippen LogP contribution in [0.3, 0.4) is 0 Å². The molecule has 0 bridgehead atoms. The molecule has 0 spiro atoms. The Morgan fingerprint density at radius 3 is 3.44 bits per heavy atom. The van der Waals surface area contributed by atoms with Gasteiger partial charge in [-0.1, -0.05) is 0 Å². The lowest BCUT2D eigenvalue weighted by molar-refractivity contribution is 0.698. The van der Waals surface area contributed by atoms with Crippen LogP contribution >= 0.6 is 0 Å². The number of fused-ring (bicyclic) bond motifs is 1. The first-order chi connectivity index (χ1) is 4.47. The van der Waals surface area contributed by atoms with Gasteiger partial charge < -0.3 is 0 Å². The first-order valence-corrected chi connectivity index (χ1v) is 2.63. The minimum absolute atomic E-state index is 0.831. The molecule has 9 heavy (non-hydrogen) atoms. The van der Waals surface area contributed by atoms with E-state index in [0.29, 0.717) is 0 Å². The zero-order valence-electron chi connectivity index (χ0n) is 4.65. The average Bonchev–Trinajstić information content (AvgIpc) is 2.33. The van der Waals surface area contributed by atoms with E-state index in [1.807, 2.05) is 12.3 Å². The molecule has 0 fully saturated rings. The normalized spacial score (nSPS) is 13.8. The third kappa shape index (κ3) is 0.561. The highest BCUT2D eigenvalue weighted by molar-refractivity contribution is 5.38. The molecule has 1 aliphatic rings. The Hall–Kier alpha value is -1.45. The van der Waals surface area contributed by atoms with Crippen molar-refractivity contribution in [2.45, 2.75) is 0 Å². The summed E-state index contributed by atoms with van der Waals surface area (Å²) in [7, 11) is 0. The van der Waals surface area contributed by atoms with Crippen molar-refractivity contribution >= 4 is 12.0 Å². The van der Waals surface area contributed by atoms with Gasteiger partial charge in [-0.3, -0.25) is 5.43 Å². The van der Waals surface area contributed by atoms with Crippen molar-refractivity contribution in [1.82, 2.24) is 20.6 Å². The first kappa shape index (κ1) is 4.43. The topological polar surface area (TPSA) is 44.0 Å². The molecule has 0 unspecified atom stereocenters. The maximum absolute atomic E-state index is 3.95. The van der Waals surface area contributed by atoms with Crippen molar-refractivity contribution in [1.29, 1.82) is 0 Å². The Morgan fingerprint density at radius 1 is 1.56 bits per heavy atom. The van der Waals surface area contributed by atoms with Gasteiger partial charge in [0.25, 0.3) is 0 Å². The molecule has 0 saturated carbocycles. The molecule has 1 radical (unpaired) electrons. The standard InChI is InChI=1S/C5H5N4/c1-2-7-9-4-3-6-8-5(1)9/h1-4,6H. The molecule has 1 aromatic heterocycles. The third-order valence-electron chi connectivity index (χ3n) is 1.12. The van der Waals surface area contributed by atoms with Crippen LogP contribution in [0.25, 0.3) is 6.20 Å². The van der Waals surface area contributed by atoms with E-state index in [-0.39, 0.29) is 0 Å². The van der Waals surface area contributed by atoms with Crippen LogP contribution in [0, 0.1) is 0 Å². The molecule has 45 valence electrons. The van der Waals surface area contributed by atoms with Crippen molar-refractivity contribution in [2.24, 2.45) is 0 Å². The fourth-order valence-corrected chi connectivity index (χ4v) is 0.718. The molecule has 1 aromatic rings. The fraction of sp³-hybridized carbons (Fsp3) is 0. The zero-order valence-corrected chi connectivity index (χ0v) is 4.65. The number of hydrogen-bond donors (Lipinski definition) is 1. The highest BCUT2D eigenvalue weighted by Gasteiger charge is 2.01. The van der Waals surface area contributed by atoms with Crippen LogP contribution in [0.5, 0.6) is 0 Å². The highest BCUT2D eigenvalue weighted by Crippen LogP contribution is 2.06. The van der Waals surface area contributed by atoms with Crippen LogP contribution in [0.2, 0.25) is 0 Å². The van der Waals surface area contributed by atoms with E-state index < -0.39 is 0 Å². The van der Waals surface area contributed by atoms with Crippen LogP contribution < -0.4 is 10.9 Å². The van der Waals surface area contributed by atoms with Gasteiger partial charge in [0.1, 0.15) is 0 Å². The lowest BCUT2D eigenvalue weighted by Crippen LogP contribution is -2.19. The smallest absolute Gasteiger partial charge is 0.174 e. The maximum Gasteiger partial charge on any atom is 0.174 e. The highest BCUT2D eigenvalue weighted by atomic mass is 15.5. The second-order valence-corrected chi connectivity index (χ2v) is 1.69. The quantitative estimate of drug-likeness (QED) is 0.527. The molecular formula is C5H5N4. The largest absolute Gasteiger partial charge is 0.282 e. The van der Waals surface area contributed by atoms with Crippen molar-refractivity contribution in [3.05, 3.63) is 18.5 Å². The van der Waals surface area contributed by atoms with Gasteiger partial charge in [0, 0.05) is 18.5 Å². The molecule has 0 amide bonds. The summed E-state index contributed by atoms with van der Waals surface area (Å²) in [5.74, 6) is 0.831. The lowest BCUT2D eigenvalue weighted by atomic mass is 10.6. The molecule has 4 heteroatoms. The summed E-state index contributed by atoms with van der Waals surface area (Å²) in [5, 5.41) is 3.95. The van der Waals surface area contributed by atoms with E-state index in [0.717, 1.165) is 5.82 Å². The number of rotatable bonds is 0. The Kier molecular flexibility index (Phi) is 0.745. The molecule has 0 atom stereocenters. The van der Waals surface area contributed by atoms with Gasteiger partial charge in [-0.15, -0.1) is 0 Å². The maximum atomic E-state index is 3.95. The molecule has 2 rings (SSSR count). The summed E-state index contributed by atoms with van der Waals surface area (Å²) in [6.45, 7) is 0. The van der Waals surface area contributed by atoms with Gasteiger partial charge in [0.15, 0.2) is 5.82 Å². The summed E-state index contributed by atoms with van der Waals surface area (Å²) in [4.78, 5) is 0. The van der Waals surface area contributed by atoms with Gasteiger partial charge in [-0.05, 0) is 0 Å². The molecule has 1 aliphatic heterocycles. The number of nitrogens with zero attached hydrogens (tertiary/aromatic N) is 3. The van der Waals surface area contributed by atoms with Gasteiger partial charge >= 0.3 is 0 Å². The summed E-state index contributed by atoms with van der Waals surface area (Å²) in [6, 6.07) is 1.83. The van der Waals surface area contributed by atoms with Crippen molar-refractivity contribution in [3.63, 3.8) is 0 Å². The minimum Gasteiger partial charge on any atom is -0.282 e. The van der Waals surface area contributed by atoms with Crippen molar-refractivity contribution < 1.29 is 0 Å². The van der Waals surface area contributed by atoms with Gasteiger partial charge in [-0.25, -0.2) is 4.68 Å². The molecule has 0 aromatic carbocycles. The van der Waals surface area contributed by atoms with E-state index in [9.17, 15) is 0 Å². The molecule has 4 nitrogen and oxygen atoms in total. The Bertz CT molecular complexity index is 237. The first-order valence-electron chi connectivity index (χ1n) is 2.63. The second-order valence-electron chi connectivity index (χ2n) is 1.69. The fourth-order valence-electron chi connectivity index (χ4n) is 0.718. The van der Waals surface area contributed by atoms with Crippen LogP contribution in [0.15, 0.2) is 18.5 Å². The Balaban J connectivity index is 2.53. The molecule has 0 aliphatic carbocycles. The number of aromatic nitrogens is 2. The monoisotopic (exact) mass is 121 g/mol.